The molecule has 0 amide bonds. The number of fused-ring (bicyclic) bond motifs is 3. The summed E-state index contributed by atoms with van der Waals surface area (Å²) in [5, 5.41) is 4.02. The van der Waals surface area contributed by atoms with Gasteiger partial charge in [-0.2, -0.15) is 0 Å². The summed E-state index contributed by atoms with van der Waals surface area (Å²) in [5.41, 5.74) is 2.72. The molecule has 1 aliphatic heterocycles. The summed E-state index contributed by atoms with van der Waals surface area (Å²) in [6.07, 6.45) is 0. The number of thioether (sulfide) groups is 1. The van der Waals surface area contributed by atoms with E-state index < -0.39 is 0 Å². The van der Waals surface area contributed by atoms with Crippen LogP contribution in [0.3, 0.4) is 0 Å². The van der Waals surface area contributed by atoms with Crippen LogP contribution in [-0.4, -0.2) is 7.05 Å². The largest absolute Gasteiger partial charge is 0.338 e. The highest BCUT2D eigenvalue weighted by atomic mass is 32.2. The molecule has 0 N–H and O–H groups in total. The molecular formula is C15H15NS. The Morgan fingerprint density at radius 1 is 1.06 bits per heavy atom. The second-order valence-electron chi connectivity index (χ2n) is 4.60. The smallest absolute Gasteiger partial charge is 0.0785 e. The number of hydrogen-bond acceptors (Lipinski definition) is 2. The Balaban J connectivity index is 2.31. The number of hydrogen-bond donors (Lipinski definition) is 0. The van der Waals surface area contributed by atoms with Crippen LogP contribution in [0.2, 0.25) is 0 Å². The van der Waals surface area contributed by atoms with Gasteiger partial charge >= 0.3 is 0 Å². The van der Waals surface area contributed by atoms with E-state index in [4.69, 9.17) is 0 Å². The first-order chi connectivity index (χ1) is 8.18. The van der Waals surface area contributed by atoms with Gasteiger partial charge in [-0.25, -0.2) is 0 Å². The third-order valence-corrected chi connectivity index (χ3v) is 4.56. The lowest BCUT2D eigenvalue weighted by Gasteiger charge is -2.16. The lowest BCUT2D eigenvalue weighted by molar-refractivity contribution is 1.15. The lowest BCUT2D eigenvalue weighted by Crippen LogP contribution is -2.11. The zero-order chi connectivity index (χ0) is 12.0. The van der Waals surface area contributed by atoms with Crippen molar-refractivity contribution in [3.63, 3.8) is 0 Å². The Labute approximate surface area is 106 Å². The van der Waals surface area contributed by atoms with E-state index in [0.29, 0.717) is 0 Å². The number of anilines is 1. The highest BCUT2D eigenvalue weighted by molar-refractivity contribution is 8.03. The Hall–Kier alpha value is -1.41. The fraction of sp³-hybridized carbons (Fsp3) is 0.200. The lowest BCUT2D eigenvalue weighted by atomic mass is 10.1. The predicted octanol–water partition coefficient (Wildman–Crippen LogP) is 4.63. The molecule has 1 aliphatic rings. The maximum absolute atomic E-state index is 2.32. The number of rotatable bonds is 0. The minimum absolute atomic E-state index is 1.31. The molecule has 0 bridgehead atoms. The fourth-order valence-electron chi connectivity index (χ4n) is 2.38. The monoisotopic (exact) mass is 241 g/mol. The Morgan fingerprint density at radius 3 is 2.59 bits per heavy atom. The Morgan fingerprint density at radius 2 is 1.82 bits per heavy atom. The molecule has 0 saturated heterocycles. The van der Waals surface area contributed by atoms with Gasteiger partial charge in [-0.3, -0.25) is 0 Å². The molecule has 17 heavy (non-hydrogen) atoms. The molecule has 0 saturated carbocycles. The van der Waals surface area contributed by atoms with E-state index in [1.54, 1.807) is 0 Å². The van der Waals surface area contributed by atoms with E-state index in [0.717, 1.165) is 0 Å². The summed E-state index contributed by atoms with van der Waals surface area (Å²) in [4.78, 5) is 3.68. The first-order valence-electron chi connectivity index (χ1n) is 5.79. The summed E-state index contributed by atoms with van der Waals surface area (Å²) in [6.45, 7) is 4.35. The second kappa shape index (κ2) is 3.81. The van der Waals surface area contributed by atoms with Gasteiger partial charge in [0.15, 0.2) is 0 Å². The maximum Gasteiger partial charge on any atom is 0.0785 e. The van der Waals surface area contributed by atoms with Crippen LogP contribution in [-0.2, 0) is 0 Å². The molecule has 0 atom stereocenters. The second-order valence-corrected chi connectivity index (χ2v) is 5.63. The minimum Gasteiger partial charge on any atom is -0.338 e. The van der Waals surface area contributed by atoms with Crippen LogP contribution in [0.4, 0.5) is 5.69 Å². The Kier molecular flexibility index (Phi) is 2.40. The third-order valence-electron chi connectivity index (χ3n) is 3.14. The molecule has 0 unspecified atom stereocenters. The highest BCUT2D eigenvalue weighted by Gasteiger charge is 2.24. The number of allylic oxidation sites excluding steroid dienone is 1. The zero-order valence-electron chi connectivity index (χ0n) is 10.3. The van der Waals surface area contributed by atoms with Gasteiger partial charge in [0.2, 0.25) is 0 Å². The minimum atomic E-state index is 1.31. The predicted molar refractivity (Wildman–Crippen MR) is 76.6 cm³/mol. The molecule has 1 nitrogen and oxygen atoms in total. The van der Waals surface area contributed by atoms with E-state index in [2.05, 4.69) is 62.2 Å². The van der Waals surface area contributed by atoms with E-state index in [9.17, 15) is 0 Å². The van der Waals surface area contributed by atoms with Crippen molar-refractivity contribution in [1.82, 2.24) is 0 Å². The van der Waals surface area contributed by atoms with Gasteiger partial charge in [0.05, 0.1) is 10.7 Å². The summed E-state index contributed by atoms with van der Waals surface area (Å²) in [7, 11) is 2.16. The highest BCUT2D eigenvalue weighted by Crippen LogP contribution is 2.49. The molecule has 1 heterocycles. The van der Waals surface area contributed by atoms with Crippen molar-refractivity contribution in [1.29, 1.82) is 0 Å². The summed E-state index contributed by atoms with van der Waals surface area (Å²) in [6, 6.07) is 13.0. The van der Waals surface area contributed by atoms with Crippen molar-refractivity contribution >= 4 is 28.2 Å². The fourth-order valence-corrected chi connectivity index (χ4v) is 3.50. The van der Waals surface area contributed by atoms with Crippen LogP contribution >= 0.6 is 11.8 Å². The molecule has 2 aromatic rings. The van der Waals surface area contributed by atoms with E-state index in [-0.39, 0.29) is 0 Å². The van der Waals surface area contributed by atoms with Crippen molar-refractivity contribution in [3.8, 4) is 0 Å². The average Bonchev–Trinajstić information content (AvgIpc) is 2.67. The van der Waals surface area contributed by atoms with Gasteiger partial charge in [-0.05, 0) is 30.9 Å². The topological polar surface area (TPSA) is 3.24 Å². The quantitative estimate of drug-likeness (QED) is 0.661. The van der Waals surface area contributed by atoms with Crippen molar-refractivity contribution in [2.75, 3.05) is 11.9 Å². The molecule has 0 aromatic heterocycles. The zero-order valence-corrected chi connectivity index (χ0v) is 11.1. The van der Waals surface area contributed by atoms with Crippen molar-refractivity contribution in [2.45, 2.75) is 18.7 Å². The van der Waals surface area contributed by atoms with Crippen molar-refractivity contribution in [3.05, 3.63) is 47.0 Å². The first-order valence-corrected chi connectivity index (χ1v) is 6.61. The number of nitrogens with zero attached hydrogens (tertiary/aromatic N) is 1. The first kappa shape index (κ1) is 10.7. The Bertz CT molecular complexity index is 624. The maximum atomic E-state index is 2.32. The van der Waals surface area contributed by atoms with Gasteiger partial charge in [0.1, 0.15) is 0 Å². The molecule has 86 valence electrons. The number of benzene rings is 2. The standard InChI is InChI=1S/C15H15NS/c1-10(2)15-16(3)14-12-7-5-4-6-11(12)8-9-13(14)17-15/h4-9H,1-3H3. The van der Waals surface area contributed by atoms with E-state index >= 15 is 0 Å². The third kappa shape index (κ3) is 1.55. The van der Waals surface area contributed by atoms with Crippen LogP contribution in [0.15, 0.2) is 51.9 Å². The van der Waals surface area contributed by atoms with Gasteiger partial charge in [0, 0.05) is 17.3 Å². The molecule has 0 radical (unpaired) electrons. The van der Waals surface area contributed by atoms with Crippen LogP contribution < -0.4 is 4.90 Å². The van der Waals surface area contributed by atoms with Gasteiger partial charge in [0.25, 0.3) is 0 Å². The molecule has 0 aliphatic carbocycles. The van der Waals surface area contributed by atoms with E-state index in [1.807, 2.05) is 11.8 Å². The molecule has 2 heteroatoms. The van der Waals surface area contributed by atoms with Gasteiger partial charge in [-0.15, -0.1) is 0 Å². The SMILES string of the molecule is CC(C)=C1Sc2ccc3ccccc3c2N1C. The van der Waals surface area contributed by atoms with Crippen molar-refractivity contribution < 1.29 is 0 Å². The summed E-state index contributed by atoms with van der Waals surface area (Å²) in [5.74, 6) is 0. The van der Waals surface area contributed by atoms with Crippen LogP contribution in [0.5, 0.6) is 0 Å². The van der Waals surface area contributed by atoms with Crippen LogP contribution in [0.1, 0.15) is 13.8 Å². The normalized spacial score (nSPS) is 14.3. The molecule has 0 spiro atoms. The van der Waals surface area contributed by atoms with Crippen molar-refractivity contribution in [2.24, 2.45) is 0 Å². The molecule has 3 rings (SSSR count). The molecule has 0 fully saturated rings. The summed E-state index contributed by atoms with van der Waals surface area (Å²) >= 11 is 1.87. The molecule has 2 aromatic carbocycles. The van der Waals surface area contributed by atoms with Crippen LogP contribution in [0, 0.1) is 0 Å². The van der Waals surface area contributed by atoms with Crippen LogP contribution in [0.25, 0.3) is 10.8 Å². The average molecular weight is 241 g/mol. The molecular weight excluding hydrogens is 226 g/mol. The van der Waals surface area contributed by atoms with Gasteiger partial charge in [-0.1, -0.05) is 42.1 Å². The summed E-state index contributed by atoms with van der Waals surface area (Å²) < 4.78 is 0. The van der Waals surface area contributed by atoms with Gasteiger partial charge < -0.3 is 4.90 Å². The van der Waals surface area contributed by atoms with E-state index in [1.165, 1.54) is 32.0 Å².